The molecule has 0 aromatic heterocycles. The highest BCUT2D eigenvalue weighted by atomic mass is 35.5. The zero-order valence-electron chi connectivity index (χ0n) is 11.0. The molecule has 1 aliphatic heterocycles. The fourth-order valence-electron chi connectivity index (χ4n) is 2.24. The topological polar surface area (TPSA) is 15.6 Å². The second-order valence-corrected chi connectivity index (χ2v) is 5.09. The standard InChI is InChI=1S/C17H15ClN2/c18-17-16(15-9-5-2-6-10-15)12-20(13-19-17)11-14-7-3-1-4-8-14/h1-10,12H,11,13H2. The summed E-state index contributed by atoms with van der Waals surface area (Å²) in [6.07, 6.45) is 2.09. The molecule has 3 rings (SSSR count). The summed E-state index contributed by atoms with van der Waals surface area (Å²) in [6, 6.07) is 20.5. The van der Waals surface area contributed by atoms with Gasteiger partial charge in [0, 0.05) is 18.3 Å². The van der Waals surface area contributed by atoms with Crippen molar-refractivity contribution in [2.45, 2.75) is 6.54 Å². The number of hydrogen-bond acceptors (Lipinski definition) is 2. The smallest absolute Gasteiger partial charge is 0.134 e. The van der Waals surface area contributed by atoms with Crippen LogP contribution in [0.25, 0.3) is 5.57 Å². The van der Waals surface area contributed by atoms with Crippen LogP contribution in [0.15, 0.2) is 71.9 Å². The lowest BCUT2D eigenvalue weighted by Crippen LogP contribution is -2.22. The number of rotatable bonds is 3. The van der Waals surface area contributed by atoms with Crippen molar-refractivity contribution in [1.29, 1.82) is 0 Å². The predicted octanol–water partition coefficient (Wildman–Crippen LogP) is 4.14. The van der Waals surface area contributed by atoms with Gasteiger partial charge in [-0.1, -0.05) is 72.3 Å². The Bertz CT molecular complexity index is 633. The second-order valence-electron chi connectivity index (χ2n) is 4.73. The van der Waals surface area contributed by atoms with Crippen LogP contribution in [-0.4, -0.2) is 16.7 Å². The SMILES string of the molecule is ClC1=NCN(Cc2ccccc2)C=C1c1ccccc1. The molecule has 2 nitrogen and oxygen atoms in total. The van der Waals surface area contributed by atoms with E-state index in [0.29, 0.717) is 11.8 Å². The van der Waals surface area contributed by atoms with Gasteiger partial charge in [0.1, 0.15) is 11.8 Å². The third-order valence-electron chi connectivity index (χ3n) is 3.24. The van der Waals surface area contributed by atoms with Crippen molar-refractivity contribution in [3.63, 3.8) is 0 Å². The molecule has 0 saturated heterocycles. The molecule has 0 unspecified atom stereocenters. The number of hydrogen-bond donors (Lipinski definition) is 0. The van der Waals surface area contributed by atoms with Crippen molar-refractivity contribution in [2.24, 2.45) is 4.99 Å². The molecule has 3 heteroatoms. The largest absolute Gasteiger partial charge is 0.353 e. The number of benzene rings is 2. The van der Waals surface area contributed by atoms with E-state index in [2.05, 4.69) is 52.5 Å². The van der Waals surface area contributed by atoms with Gasteiger partial charge in [0.2, 0.25) is 0 Å². The van der Waals surface area contributed by atoms with Crippen LogP contribution < -0.4 is 0 Å². The molecule has 0 amide bonds. The maximum absolute atomic E-state index is 6.24. The first-order chi connectivity index (χ1) is 9.83. The third kappa shape index (κ3) is 2.91. The van der Waals surface area contributed by atoms with Gasteiger partial charge in [-0.15, -0.1) is 0 Å². The molecule has 0 aliphatic carbocycles. The van der Waals surface area contributed by atoms with E-state index in [1.54, 1.807) is 0 Å². The lowest BCUT2D eigenvalue weighted by molar-refractivity contribution is 0.381. The average Bonchev–Trinajstić information content (AvgIpc) is 2.51. The Morgan fingerprint density at radius 2 is 1.60 bits per heavy atom. The van der Waals surface area contributed by atoms with Crippen molar-refractivity contribution in [1.82, 2.24) is 4.90 Å². The molecule has 1 heterocycles. The zero-order valence-corrected chi connectivity index (χ0v) is 11.8. The summed E-state index contributed by atoms with van der Waals surface area (Å²) >= 11 is 6.24. The first kappa shape index (κ1) is 12.9. The van der Waals surface area contributed by atoms with E-state index in [4.69, 9.17) is 11.6 Å². The molecule has 1 aliphatic rings. The van der Waals surface area contributed by atoms with Gasteiger partial charge in [0.05, 0.1) is 0 Å². The maximum atomic E-state index is 6.24. The van der Waals surface area contributed by atoms with Gasteiger partial charge in [0.25, 0.3) is 0 Å². The van der Waals surface area contributed by atoms with Crippen LogP contribution >= 0.6 is 11.6 Å². The molecule has 100 valence electrons. The van der Waals surface area contributed by atoms with Crippen molar-refractivity contribution >= 4 is 22.3 Å². The zero-order chi connectivity index (χ0) is 13.8. The highest BCUT2D eigenvalue weighted by molar-refractivity contribution is 6.76. The normalized spacial score (nSPS) is 14.8. The van der Waals surface area contributed by atoms with Gasteiger partial charge < -0.3 is 4.90 Å². The van der Waals surface area contributed by atoms with Crippen LogP contribution in [0.3, 0.4) is 0 Å². The third-order valence-corrected chi connectivity index (χ3v) is 3.56. The van der Waals surface area contributed by atoms with E-state index < -0.39 is 0 Å². The Balaban J connectivity index is 1.84. The van der Waals surface area contributed by atoms with Crippen LogP contribution in [0.2, 0.25) is 0 Å². The lowest BCUT2D eigenvalue weighted by atomic mass is 10.1. The summed E-state index contributed by atoms with van der Waals surface area (Å²) in [6.45, 7) is 1.44. The molecule has 0 N–H and O–H groups in total. The van der Waals surface area contributed by atoms with Crippen LogP contribution in [0.5, 0.6) is 0 Å². The lowest BCUT2D eigenvalue weighted by Gasteiger charge is -2.24. The van der Waals surface area contributed by atoms with Crippen molar-refractivity contribution in [3.05, 3.63) is 78.0 Å². The van der Waals surface area contributed by atoms with Crippen LogP contribution in [0.4, 0.5) is 0 Å². The minimum absolute atomic E-state index is 0.584. The van der Waals surface area contributed by atoms with Crippen LogP contribution in [-0.2, 0) is 6.54 Å². The Kier molecular flexibility index (Phi) is 3.84. The summed E-state index contributed by atoms with van der Waals surface area (Å²) < 4.78 is 0. The Labute approximate surface area is 124 Å². The van der Waals surface area contributed by atoms with E-state index >= 15 is 0 Å². The maximum Gasteiger partial charge on any atom is 0.134 e. The van der Waals surface area contributed by atoms with E-state index in [1.165, 1.54) is 5.56 Å². The Morgan fingerprint density at radius 3 is 2.30 bits per heavy atom. The van der Waals surface area contributed by atoms with Gasteiger partial charge in [0.15, 0.2) is 0 Å². The number of allylic oxidation sites excluding steroid dienone is 1. The van der Waals surface area contributed by atoms with Gasteiger partial charge in [-0.05, 0) is 11.1 Å². The average molecular weight is 283 g/mol. The number of aliphatic imine (C=N–C) groups is 1. The fraction of sp³-hybridized carbons (Fsp3) is 0.118. The quantitative estimate of drug-likeness (QED) is 0.826. The molecule has 0 atom stereocenters. The fourth-order valence-corrected chi connectivity index (χ4v) is 2.45. The van der Waals surface area contributed by atoms with Crippen molar-refractivity contribution < 1.29 is 0 Å². The summed E-state index contributed by atoms with van der Waals surface area (Å²) in [7, 11) is 0. The highest BCUT2D eigenvalue weighted by Gasteiger charge is 2.14. The van der Waals surface area contributed by atoms with E-state index in [0.717, 1.165) is 17.7 Å². The molecular formula is C17H15ClN2. The number of halogens is 1. The highest BCUT2D eigenvalue weighted by Crippen LogP contribution is 2.23. The first-order valence-corrected chi connectivity index (χ1v) is 6.96. The van der Waals surface area contributed by atoms with Gasteiger partial charge in [-0.2, -0.15) is 0 Å². The summed E-state index contributed by atoms with van der Waals surface area (Å²) in [4.78, 5) is 6.58. The predicted molar refractivity (Wildman–Crippen MR) is 84.6 cm³/mol. The Hall–Kier alpha value is -2.06. The summed E-state index contributed by atoms with van der Waals surface area (Å²) in [5.41, 5.74) is 3.35. The van der Waals surface area contributed by atoms with E-state index in [-0.39, 0.29) is 0 Å². The number of nitrogens with zero attached hydrogens (tertiary/aromatic N) is 2. The monoisotopic (exact) mass is 282 g/mol. The molecule has 0 bridgehead atoms. The molecule has 0 fully saturated rings. The van der Waals surface area contributed by atoms with Gasteiger partial charge >= 0.3 is 0 Å². The molecule has 0 spiro atoms. The molecule has 0 saturated carbocycles. The molecule has 2 aromatic carbocycles. The van der Waals surface area contributed by atoms with Gasteiger partial charge in [-0.25, -0.2) is 0 Å². The van der Waals surface area contributed by atoms with Crippen molar-refractivity contribution in [3.8, 4) is 0 Å². The summed E-state index contributed by atoms with van der Waals surface area (Å²) in [5.74, 6) is 0. The molecule has 20 heavy (non-hydrogen) atoms. The minimum Gasteiger partial charge on any atom is -0.353 e. The molecule has 2 aromatic rings. The van der Waals surface area contributed by atoms with Gasteiger partial charge in [-0.3, -0.25) is 4.99 Å². The van der Waals surface area contributed by atoms with E-state index in [9.17, 15) is 0 Å². The van der Waals surface area contributed by atoms with E-state index in [1.807, 2.05) is 24.3 Å². The van der Waals surface area contributed by atoms with Crippen LogP contribution in [0.1, 0.15) is 11.1 Å². The van der Waals surface area contributed by atoms with Crippen LogP contribution in [0, 0.1) is 0 Å². The second kappa shape index (κ2) is 5.93. The molecular weight excluding hydrogens is 268 g/mol. The Morgan fingerprint density at radius 1 is 0.950 bits per heavy atom. The molecule has 0 radical (unpaired) electrons. The minimum atomic E-state index is 0.584. The first-order valence-electron chi connectivity index (χ1n) is 6.58. The van der Waals surface area contributed by atoms with Crippen molar-refractivity contribution in [2.75, 3.05) is 6.67 Å². The summed E-state index contributed by atoms with van der Waals surface area (Å²) in [5, 5.41) is 0.584.